The summed E-state index contributed by atoms with van der Waals surface area (Å²) >= 11 is 5.95. The van der Waals surface area contributed by atoms with Gasteiger partial charge in [0.05, 0.1) is 5.41 Å². The normalized spacial score (nSPS) is 13.8. The largest absolute Gasteiger partial charge is 0.302 e. The number of carbonyl (C=O) groups excluding carboxylic acids is 1. The Morgan fingerprint density at radius 1 is 1.21 bits per heavy atom. The van der Waals surface area contributed by atoms with Crippen LogP contribution in [-0.4, -0.2) is 6.29 Å². The predicted octanol–water partition coefficient (Wildman–Crippen LogP) is 4.18. The van der Waals surface area contributed by atoms with Crippen molar-refractivity contribution in [3.63, 3.8) is 0 Å². The second-order valence-electron chi connectivity index (χ2n) is 4.85. The lowest BCUT2D eigenvalue weighted by Gasteiger charge is -2.24. The second-order valence-corrected chi connectivity index (χ2v) is 5.29. The maximum atomic E-state index is 13.0. The lowest BCUT2D eigenvalue weighted by molar-refractivity contribution is -0.112. The molecule has 0 aliphatic carbocycles. The van der Waals surface area contributed by atoms with Gasteiger partial charge in [0.25, 0.3) is 0 Å². The molecule has 0 radical (unpaired) electrons. The topological polar surface area (TPSA) is 17.1 Å². The van der Waals surface area contributed by atoms with Gasteiger partial charge in [0, 0.05) is 5.02 Å². The van der Waals surface area contributed by atoms with E-state index in [4.69, 9.17) is 11.6 Å². The molecule has 0 spiro atoms. The standard InChI is InChI=1S/C16H14ClFO/c1-16(11-19,13-5-7-15(18)8-6-13)10-12-3-2-4-14(17)9-12/h2-9,11H,10H2,1H3. The van der Waals surface area contributed by atoms with E-state index in [1.807, 2.05) is 25.1 Å². The number of halogens is 2. The van der Waals surface area contributed by atoms with E-state index in [0.29, 0.717) is 11.4 Å². The third-order valence-electron chi connectivity index (χ3n) is 3.22. The zero-order valence-electron chi connectivity index (χ0n) is 10.6. The minimum absolute atomic E-state index is 0.306. The van der Waals surface area contributed by atoms with Crippen LogP contribution >= 0.6 is 11.6 Å². The molecule has 2 aromatic rings. The van der Waals surface area contributed by atoms with Crippen LogP contribution in [0.5, 0.6) is 0 Å². The highest BCUT2D eigenvalue weighted by Crippen LogP contribution is 2.27. The van der Waals surface area contributed by atoms with Crippen LogP contribution in [0, 0.1) is 5.82 Å². The van der Waals surface area contributed by atoms with Crippen LogP contribution in [0.1, 0.15) is 18.1 Å². The Morgan fingerprint density at radius 3 is 2.47 bits per heavy atom. The van der Waals surface area contributed by atoms with E-state index >= 15 is 0 Å². The molecule has 2 rings (SSSR count). The first-order chi connectivity index (χ1) is 9.03. The number of benzene rings is 2. The molecule has 0 fully saturated rings. The first-order valence-electron chi connectivity index (χ1n) is 6.00. The molecule has 1 unspecified atom stereocenters. The highest BCUT2D eigenvalue weighted by atomic mass is 35.5. The summed E-state index contributed by atoms with van der Waals surface area (Å²) in [6.07, 6.45) is 1.43. The van der Waals surface area contributed by atoms with Gasteiger partial charge in [-0.25, -0.2) is 4.39 Å². The van der Waals surface area contributed by atoms with Gasteiger partial charge in [-0.1, -0.05) is 35.9 Å². The summed E-state index contributed by atoms with van der Waals surface area (Å²) in [5, 5.41) is 0.643. The molecule has 98 valence electrons. The van der Waals surface area contributed by atoms with Crippen LogP contribution in [0.4, 0.5) is 4.39 Å². The molecule has 0 saturated carbocycles. The molecular formula is C16H14ClFO. The zero-order chi connectivity index (χ0) is 13.9. The molecule has 0 aliphatic heterocycles. The summed E-state index contributed by atoms with van der Waals surface area (Å²) in [4.78, 5) is 11.5. The minimum Gasteiger partial charge on any atom is -0.302 e. The molecule has 2 aromatic carbocycles. The fourth-order valence-electron chi connectivity index (χ4n) is 2.11. The molecule has 0 bridgehead atoms. The summed E-state index contributed by atoms with van der Waals surface area (Å²) in [6.45, 7) is 1.84. The van der Waals surface area contributed by atoms with Gasteiger partial charge < -0.3 is 4.79 Å². The second kappa shape index (κ2) is 5.54. The molecule has 0 saturated heterocycles. The van der Waals surface area contributed by atoms with Gasteiger partial charge in [0.15, 0.2) is 0 Å². The van der Waals surface area contributed by atoms with Crippen molar-refractivity contribution in [2.75, 3.05) is 0 Å². The van der Waals surface area contributed by atoms with Crippen molar-refractivity contribution in [2.45, 2.75) is 18.8 Å². The van der Waals surface area contributed by atoms with E-state index < -0.39 is 5.41 Å². The highest BCUT2D eigenvalue weighted by Gasteiger charge is 2.26. The van der Waals surface area contributed by atoms with Gasteiger partial charge in [0.1, 0.15) is 12.1 Å². The van der Waals surface area contributed by atoms with Crippen LogP contribution < -0.4 is 0 Å². The van der Waals surface area contributed by atoms with E-state index in [9.17, 15) is 9.18 Å². The SMILES string of the molecule is CC(C=O)(Cc1cccc(Cl)c1)c1ccc(F)cc1. The molecule has 1 nitrogen and oxygen atoms in total. The molecule has 0 heterocycles. The van der Waals surface area contributed by atoms with Crippen LogP contribution in [0.15, 0.2) is 48.5 Å². The lowest BCUT2D eigenvalue weighted by Crippen LogP contribution is -2.26. The summed E-state index contributed by atoms with van der Waals surface area (Å²) in [6, 6.07) is 13.4. The van der Waals surface area contributed by atoms with E-state index in [2.05, 4.69) is 0 Å². The van der Waals surface area contributed by atoms with Crippen LogP contribution in [0.3, 0.4) is 0 Å². The average molecular weight is 277 g/mol. The van der Waals surface area contributed by atoms with E-state index in [1.54, 1.807) is 18.2 Å². The third-order valence-corrected chi connectivity index (χ3v) is 3.46. The Balaban J connectivity index is 2.32. The van der Waals surface area contributed by atoms with E-state index in [1.165, 1.54) is 12.1 Å². The van der Waals surface area contributed by atoms with Gasteiger partial charge >= 0.3 is 0 Å². The number of aldehydes is 1. The molecule has 3 heteroatoms. The number of hydrogen-bond acceptors (Lipinski definition) is 1. The Labute approximate surface area is 117 Å². The quantitative estimate of drug-likeness (QED) is 0.766. The number of hydrogen-bond donors (Lipinski definition) is 0. The van der Waals surface area contributed by atoms with E-state index in [-0.39, 0.29) is 5.82 Å². The van der Waals surface area contributed by atoms with Gasteiger partial charge in [-0.15, -0.1) is 0 Å². The maximum absolute atomic E-state index is 13.0. The molecule has 0 amide bonds. The third kappa shape index (κ3) is 3.21. The van der Waals surface area contributed by atoms with Crippen LogP contribution in [0.25, 0.3) is 0 Å². The van der Waals surface area contributed by atoms with E-state index in [0.717, 1.165) is 17.4 Å². The Hall–Kier alpha value is -1.67. The maximum Gasteiger partial charge on any atom is 0.130 e. The van der Waals surface area contributed by atoms with Gasteiger partial charge in [-0.3, -0.25) is 0 Å². The van der Waals surface area contributed by atoms with Gasteiger partial charge in [0.2, 0.25) is 0 Å². The Morgan fingerprint density at radius 2 is 1.89 bits per heavy atom. The van der Waals surface area contributed by atoms with Crippen LogP contribution in [-0.2, 0) is 16.6 Å². The van der Waals surface area contributed by atoms with Crippen molar-refractivity contribution < 1.29 is 9.18 Å². The summed E-state index contributed by atoms with van der Waals surface area (Å²) in [5.74, 6) is -0.306. The van der Waals surface area contributed by atoms with Crippen LogP contribution in [0.2, 0.25) is 5.02 Å². The molecule has 0 N–H and O–H groups in total. The first kappa shape index (κ1) is 13.8. The van der Waals surface area contributed by atoms with Gasteiger partial charge in [-0.2, -0.15) is 0 Å². The Kier molecular flexibility index (Phi) is 4.01. The van der Waals surface area contributed by atoms with Gasteiger partial charge in [-0.05, 0) is 48.7 Å². The van der Waals surface area contributed by atoms with Crippen molar-refractivity contribution in [1.29, 1.82) is 0 Å². The molecule has 0 aliphatic rings. The van der Waals surface area contributed by atoms with Crippen molar-refractivity contribution in [1.82, 2.24) is 0 Å². The molecule has 0 aromatic heterocycles. The fourth-order valence-corrected chi connectivity index (χ4v) is 2.33. The highest BCUT2D eigenvalue weighted by molar-refractivity contribution is 6.30. The summed E-state index contributed by atoms with van der Waals surface area (Å²) in [7, 11) is 0. The van der Waals surface area contributed by atoms with Crippen molar-refractivity contribution in [2.24, 2.45) is 0 Å². The monoisotopic (exact) mass is 276 g/mol. The predicted molar refractivity (Wildman–Crippen MR) is 75.0 cm³/mol. The van der Waals surface area contributed by atoms with Crippen molar-refractivity contribution in [3.8, 4) is 0 Å². The van der Waals surface area contributed by atoms with Crippen molar-refractivity contribution in [3.05, 3.63) is 70.5 Å². The smallest absolute Gasteiger partial charge is 0.130 e. The molecular weight excluding hydrogens is 263 g/mol. The first-order valence-corrected chi connectivity index (χ1v) is 6.38. The molecule has 19 heavy (non-hydrogen) atoms. The minimum atomic E-state index is -0.682. The Bertz CT molecular complexity index is 580. The fraction of sp³-hybridized carbons (Fsp3) is 0.188. The number of carbonyl (C=O) groups is 1. The number of rotatable bonds is 4. The lowest BCUT2D eigenvalue weighted by atomic mass is 9.78. The molecule has 1 atom stereocenters. The average Bonchev–Trinajstić information content (AvgIpc) is 2.39. The zero-order valence-corrected chi connectivity index (χ0v) is 11.3. The summed E-state index contributed by atoms with van der Waals surface area (Å²) in [5.41, 5.74) is 1.09. The summed E-state index contributed by atoms with van der Waals surface area (Å²) < 4.78 is 13.0. The van der Waals surface area contributed by atoms with Crippen molar-refractivity contribution >= 4 is 17.9 Å².